The molecule has 21 heavy (non-hydrogen) atoms. The van der Waals surface area contributed by atoms with Gasteiger partial charge in [0.15, 0.2) is 5.84 Å². The highest BCUT2D eigenvalue weighted by Crippen LogP contribution is 2.21. The van der Waals surface area contributed by atoms with Gasteiger partial charge in [-0.3, -0.25) is 9.78 Å². The van der Waals surface area contributed by atoms with Crippen LogP contribution < -0.4 is 10.6 Å². The van der Waals surface area contributed by atoms with E-state index in [-0.39, 0.29) is 17.1 Å². The third-order valence-electron chi connectivity index (χ3n) is 2.97. The summed E-state index contributed by atoms with van der Waals surface area (Å²) in [6.45, 7) is 0. The number of hydrogen-bond acceptors (Lipinski definition) is 5. The molecule has 1 aromatic carbocycles. The van der Waals surface area contributed by atoms with Crippen molar-refractivity contribution in [1.82, 2.24) is 4.98 Å². The Balaban J connectivity index is 2.34. The first-order valence-corrected chi connectivity index (χ1v) is 6.03. The van der Waals surface area contributed by atoms with Crippen LogP contribution in [0.5, 0.6) is 5.75 Å². The zero-order valence-electron chi connectivity index (χ0n) is 11.3. The molecule has 0 saturated heterocycles. The van der Waals surface area contributed by atoms with Gasteiger partial charge in [-0.15, -0.1) is 0 Å². The summed E-state index contributed by atoms with van der Waals surface area (Å²) >= 11 is 0. The van der Waals surface area contributed by atoms with Crippen LogP contribution in [0.25, 0.3) is 0 Å². The number of carbonyl (C=O) groups excluding carboxylic acids is 1. The van der Waals surface area contributed by atoms with Crippen molar-refractivity contribution in [3.05, 3.63) is 53.9 Å². The zero-order chi connectivity index (χ0) is 15.4. The van der Waals surface area contributed by atoms with Gasteiger partial charge in [0.25, 0.3) is 5.91 Å². The minimum atomic E-state index is -0.397. The van der Waals surface area contributed by atoms with Crippen LogP contribution in [0.1, 0.15) is 15.9 Å². The summed E-state index contributed by atoms with van der Waals surface area (Å²) < 4.78 is 0. The van der Waals surface area contributed by atoms with Crippen molar-refractivity contribution < 1.29 is 15.1 Å². The van der Waals surface area contributed by atoms with Crippen LogP contribution in [0.2, 0.25) is 0 Å². The van der Waals surface area contributed by atoms with Gasteiger partial charge >= 0.3 is 0 Å². The van der Waals surface area contributed by atoms with E-state index in [1.165, 1.54) is 23.4 Å². The zero-order valence-corrected chi connectivity index (χ0v) is 11.3. The molecule has 0 atom stereocenters. The van der Waals surface area contributed by atoms with Crippen molar-refractivity contribution in [2.24, 2.45) is 10.9 Å². The molecule has 0 aliphatic carbocycles. The fourth-order valence-corrected chi connectivity index (χ4v) is 1.80. The summed E-state index contributed by atoms with van der Waals surface area (Å²) in [5.74, 6) is -0.641. The van der Waals surface area contributed by atoms with E-state index < -0.39 is 5.91 Å². The van der Waals surface area contributed by atoms with Crippen molar-refractivity contribution in [3.8, 4) is 5.75 Å². The fourth-order valence-electron chi connectivity index (χ4n) is 1.80. The first kappa shape index (κ1) is 14.3. The molecule has 0 bridgehead atoms. The molecule has 2 aromatic rings. The fraction of sp³-hybridized carbons (Fsp3) is 0.0714. The molecular weight excluding hydrogens is 272 g/mol. The van der Waals surface area contributed by atoms with E-state index in [0.29, 0.717) is 11.3 Å². The monoisotopic (exact) mass is 286 g/mol. The summed E-state index contributed by atoms with van der Waals surface area (Å²) in [6.07, 6.45) is 2.63. The Morgan fingerprint density at radius 1 is 1.38 bits per heavy atom. The molecule has 108 valence electrons. The highest BCUT2D eigenvalue weighted by molar-refractivity contribution is 6.08. The van der Waals surface area contributed by atoms with Crippen molar-refractivity contribution in [1.29, 1.82) is 0 Å². The third-order valence-corrected chi connectivity index (χ3v) is 2.97. The maximum atomic E-state index is 12.3. The average Bonchev–Trinajstić information content (AvgIpc) is 2.53. The molecule has 7 nitrogen and oxygen atoms in total. The molecule has 0 aliphatic heterocycles. The molecule has 4 N–H and O–H groups in total. The number of pyridine rings is 1. The Bertz CT molecular complexity index is 700. The van der Waals surface area contributed by atoms with Gasteiger partial charge in [-0.1, -0.05) is 17.3 Å². The number of nitrogens with zero attached hydrogens (tertiary/aromatic N) is 3. The summed E-state index contributed by atoms with van der Waals surface area (Å²) in [5.41, 5.74) is 6.69. The number of benzene rings is 1. The number of oxime groups is 1. The average molecular weight is 286 g/mol. The first-order valence-electron chi connectivity index (χ1n) is 6.03. The van der Waals surface area contributed by atoms with Crippen LogP contribution in [0.3, 0.4) is 0 Å². The van der Waals surface area contributed by atoms with Crippen molar-refractivity contribution in [2.75, 3.05) is 11.9 Å². The van der Waals surface area contributed by atoms with E-state index >= 15 is 0 Å². The lowest BCUT2D eigenvalue weighted by Gasteiger charge is -2.18. The Morgan fingerprint density at radius 3 is 2.81 bits per heavy atom. The predicted octanol–water partition coefficient (Wildman–Crippen LogP) is 1.16. The molecule has 0 radical (unpaired) electrons. The number of amides is 1. The van der Waals surface area contributed by atoms with Crippen LogP contribution >= 0.6 is 0 Å². The molecule has 1 aromatic heterocycles. The second-order valence-corrected chi connectivity index (χ2v) is 4.29. The number of aromatic hydroxyl groups is 1. The summed E-state index contributed by atoms with van der Waals surface area (Å²) in [4.78, 5) is 17.4. The Kier molecular flexibility index (Phi) is 4.03. The standard InChI is InChI=1S/C14H14N4O3/c1-18(14(20)11-5-6-16-8-12(11)19)10-4-2-3-9(7-10)13(15)17-21/h2-8,19,21H,1H3,(H2,15,17). The number of aromatic nitrogens is 1. The quantitative estimate of drug-likeness (QED) is 0.339. The van der Waals surface area contributed by atoms with Gasteiger partial charge in [-0.2, -0.15) is 0 Å². The van der Waals surface area contributed by atoms with Crippen LogP contribution in [0.15, 0.2) is 47.9 Å². The highest BCUT2D eigenvalue weighted by atomic mass is 16.4. The Morgan fingerprint density at radius 2 is 2.14 bits per heavy atom. The van der Waals surface area contributed by atoms with Gasteiger partial charge in [-0.05, 0) is 18.2 Å². The maximum absolute atomic E-state index is 12.3. The molecule has 1 heterocycles. The number of hydrogen-bond donors (Lipinski definition) is 3. The topological polar surface area (TPSA) is 112 Å². The smallest absolute Gasteiger partial charge is 0.261 e. The lowest BCUT2D eigenvalue weighted by atomic mass is 10.1. The number of nitrogens with two attached hydrogens (primary N) is 1. The first-order chi connectivity index (χ1) is 10.0. The molecule has 7 heteroatoms. The summed E-state index contributed by atoms with van der Waals surface area (Å²) in [5, 5.41) is 21.3. The molecule has 0 unspecified atom stereocenters. The number of carbonyl (C=O) groups is 1. The Hall–Kier alpha value is -3.09. The van der Waals surface area contributed by atoms with Crippen LogP contribution in [0.4, 0.5) is 5.69 Å². The van der Waals surface area contributed by atoms with Gasteiger partial charge in [0, 0.05) is 24.5 Å². The lowest BCUT2D eigenvalue weighted by molar-refractivity contribution is 0.0990. The highest BCUT2D eigenvalue weighted by Gasteiger charge is 2.17. The van der Waals surface area contributed by atoms with Gasteiger partial charge in [0.1, 0.15) is 5.75 Å². The van der Waals surface area contributed by atoms with Gasteiger partial charge in [0.05, 0.1) is 11.8 Å². The largest absolute Gasteiger partial charge is 0.505 e. The van der Waals surface area contributed by atoms with Crippen LogP contribution in [-0.4, -0.2) is 34.1 Å². The van der Waals surface area contributed by atoms with Crippen LogP contribution in [0, 0.1) is 0 Å². The normalized spacial score (nSPS) is 11.2. The maximum Gasteiger partial charge on any atom is 0.261 e. The summed E-state index contributed by atoms with van der Waals surface area (Å²) in [7, 11) is 1.56. The van der Waals surface area contributed by atoms with Gasteiger partial charge in [0.2, 0.25) is 0 Å². The molecule has 2 rings (SSSR count). The number of rotatable bonds is 3. The second kappa shape index (κ2) is 5.91. The third kappa shape index (κ3) is 2.92. The predicted molar refractivity (Wildman–Crippen MR) is 77.6 cm³/mol. The van der Waals surface area contributed by atoms with Crippen LogP contribution in [-0.2, 0) is 0 Å². The molecule has 0 fully saturated rings. The minimum Gasteiger partial charge on any atom is -0.505 e. The molecule has 0 spiro atoms. The van der Waals surface area contributed by atoms with Crippen molar-refractivity contribution >= 4 is 17.4 Å². The number of anilines is 1. The Labute approximate surface area is 121 Å². The molecule has 0 saturated carbocycles. The SMILES string of the molecule is CN(C(=O)c1ccncc1O)c1cccc(/C(N)=N/O)c1. The van der Waals surface area contributed by atoms with Gasteiger partial charge in [-0.25, -0.2) is 0 Å². The summed E-state index contributed by atoms with van der Waals surface area (Å²) in [6, 6.07) is 8.07. The molecule has 1 amide bonds. The van der Waals surface area contributed by atoms with Gasteiger partial charge < -0.3 is 20.9 Å². The van der Waals surface area contributed by atoms with Crippen molar-refractivity contribution in [3.63, 3.8) is 0 Å². The van der Waals surface area contributed by atoms with E-state index in [0.717, 1.165) is 0 Å². The molecular formula is C14H14N4O3. The van der Waals surface area contributed by atoms with E-state index in [2.05, 4.69) is 10.1 Å². The van der Waals surface area contributed by atoms with E-state index in [4.69, 9.17) is 10.9 Å². The molecule has 0 aliphatic rings. The second-order valence-electron chi connectivity index (χ2n) is 4.29. The van der Waals surface area contributed by atoms with Crippen molar-refractivity contribution in [2.45, 2.75) is 0 Å². The lowest BCUT2D eigenvalue weighted by Crippen LogP contribution is -2.26. The van der Waals surface area contributed by atoms with E-state index in [9.17, 15) is 9.90 Å². The van der Waals surface area contributed by atoms with E-state index in [1.807, 2.05) is 0 Å². The van der Waals surface area contributed by atoms with E-state index in [1.54, 1.807) is 31.3 Å². The minimum absolute atomic E-state index is 0.0514. The number of amidine groups is 1.